The molecule has 2 aliphatic carbocycles. The van der Waals surface area contributed by atoms with E-state index in [9.17, 15) is 19.5 Å². The van der Waals surface area contributed by atoms with E-state index in [4.69, 9.17) is 4.74 Å². The Labute approximate surface area is 241 Å². The number of hydrogen-bond acceptors (Lipinski definition) is 5. The zero-order valence-electron chi connectivity index (χ0n) is 23.6. The number of carbonyl (C=O) groups excluding carboxylic acids is 2. The fourth-order valence-electron chi connectivity index (χ4n) is 6.42. The van der Waals surface area contributed by atoms with Crippen molar-refractivity contribution in [2.24, 2.45) is 0 Å². The summed E-state index contributed by atoms with van der Waals surface area (Å²) in [5.41, 5.74) is 7.19. The maximum absolute atomic E-state index is 12.9. The van der Waals surface area contributed by atoms with Gasteiger partial charge in [-0.25, -0.2) is 4.79 Å². The highest BCUT2D eigenvalue weighted by Crippen LogP contribution is 2.44. The van der Waals surface area contributed by atoms with Crippen molar-refractivity contribution in [2.75, 3.05) is 19.7 Å². The van der Waals surface area contributed by atoms with E-state index in [-0.39, 0.29) is 30.8 Å². The first-order chi connectivity index (χ1) is 19.9. The molecule has 2 aliphatic rings. The minimum Gasteiger partial charge on any atom is -0.481 e. The molecule has 7 heteroatoms. The molecule has 0 aliphatic heterocycles. The van der Waals surface area contributed by atoms with Gasteiger partial charge in [-0.1, -0.05) is 72.8 Å². The lowest BCUT2D eigenvalue weighted by atomic mass is 9.86. The molecule has 2 N–H and O–H groups in total. The summed E-state index contributed by atoms with van der Waals surface area (Å²) in [6, 6.07) is 24.2. The van der Waals surface area contributed by atoms with E-state index >= 15 is 0 Å². The second-order valence-corrected chi connectivity index (χ2v) is 11.1. The standard InChI is InChI=1S/C34H38N2O5/c1-23(37)31(19-21-36(20-9-18-33(38)39)32-17-8-11-24-10-2-3-12-25(24)32)35-34(40)41-22-30-28-15-6-4-13-26(28)27-14-5-7-16-29(27)30/h2-7,10,12-16,30-32H,8-9,11,17-22H2,1H3,(H,35,40)(H,38,39)/t31-,32?/m1/s1. The summed E-state index contributed by atoms with van der Waals surface area (Å²) >= 11 is 0. The minimum absolute atomic E-state index is 0.0555. The molecule has 0 radical (unpaired) electrons. The van der Waals surface area contributed by atoms with Crippen LogP contribution in [0.2, 0.25) is 0 Å². The number of carboxylic acids is 1. The van der Waals surface area contributed by atoms with E-state index < -0.39 is 18.1 Å². The first kappa shape index (κ1) is 28.6. The number of aryl methyl sites for hydroxylation is 1. The van der Waals surface area contributed by atoms with Crippen LogP contribution in [0.5, 0.6) is 0 Å². The molecule has 0 bridgehead atoms. The zero-order valence-corrected chi connectivity index (χ0v) is 23.6. The summed E-state index contributed by atoms with van der Waals surface area (Å²) in [7, 11) is 0. The van der Waals surface area contributed by atoms with E-state index in [2.05, 4.69) is 52.7 Å². The van der Waals surface area contributed by atoms with Gasteiger partial charge in [0.05, 0.1) is 6.04 Å². The Morgan fingerprint density at radius 2 is 1.56 bits per heavy atom. The summed E-state index contributed by atoms with van der Waals surface area (Å²) in [6.07, 6.45) is 3.52. The number of carboxylic acid groups (broad SMARTS) is 1. The highest BCUT2D eigenvalue weighted by Gasteiger charge is 2.30. The first-order valence-electron chi connectivity index (χ1n) is 14.6. The van der Waals surface area contributed by atoms with Gasteiger partial charge in [-0.05, 0) is 79.0 Å². The Bertz CT molecular complexity index is 1360. The molecule has 0 saturated carbocycles. The maximum Gasteiger partial charge on any atom is 0.407 e. The molecule has 3 aromatic carbocycles. The number of amides is 1. The van der Waals surface area contributed by atoms with Crippen LogP contribution in [0.3, 0.4) is 0 Å². The first-order valence-corrected chi connectivity index (χ1v) is 14.6. The monoisotopic (exact) mass is 554 g/mol. The van der Waals surface area contributed by atoms with Crippen LogP contribution in [0.25, 0.3) is 11.1 Å². The third kappa shape index (κ3) is 6.68. The fraction of sp³-hybridized carbons (Fsp3) is 0.382. The van der Waals surface area contributed by atoms with Gasteiger partial charge in [-0.15, -0.1) is 0 Å². The smallest absolute Gasteiger partial charge is 0.407 e. The van der Waals surface area contributed by atoms with Crippen molar-refractivity contribution in [1.82, 2.24) is 10.2 Å². The van der Waals surface area contributed by atoms with Crippen molar-refractivity contribution < 1.29 is 24.2 Å². The van der Waals surface area contributed by atoms with Crippen molar-refractivity contribution in [3.05, 3.63) is 95.1 Å². The molecule has 1 amide bonds. The number of aliphatic carboxylic acids is 1. The largest absolute Gasteiger partial charge is 0.481 e. The summed E-state index contributed by atoms with van der Waals surface area (Å²) in [5, 5.41) is 12.0. The third-order valence-electron chi connectivity index (χ3n) is 8.45. The molecule has 0 saturated heterocycles. The van der Waals surface area contributed by atoms with Crippen molar-refractivity contribution in [3.63, 3.8) is 0 Å². The summed E-state index contributed by atoms with van der Waals surface area (Å²) in [5.74, 6) is -0.999. The maximum atomic E-state index is 12.9. The number of Topliss-reactive ketones (excluding diaryl/α,β-unsaturated/α-hetero) is 1. The third-order valence-corrected chi connectivity index (χ3v) is 8.45. The predicted octanol–water partition coefficient (Wildman–Crippen LogP) is 6.12. The summed E-state index contributed by atoms with van der Waals surface area (Å²) in [6.45, 7) is 2.84. The summed E-state index contributed by atoms with van der Waals surface area (Å²) in [4.78, 5) is 39.0. The number of alkyl carbamates (subject to hydrolysis) is 1. The van der Waals surface area contributed by atoms with Gasteiger partial charge in [0.25, 0.3) is 0 Å². The van der Waals surface area contributed by atoms with Gasteiger partial charge >= 0.3 is 12.1 Å². The average molecular weight is 555 g/mol. The van der Waals surface area contributed by atoms with E-state index in [1.807, 2.05) is 30.3 Å². The summed E-state index contributed by atoms with van der Waals surface area (Å²) < 4.78 is 5.70. The highest BCUT2D eigenvalue weighted by atomic mass is 16.5. The molecule has 5 rings (SSSR count). The van der Waals surface area contributed by atoms with Crippen molar-refractivity contribution in [1.29, 1.82) is 0 Å². The molecular formula is C34H38N2O5. The molecule has 41 heavy (non-hydrogen) atoms. The van der Waals surface area contributed by atoms with Crippen molar-refractivity contribution in [3.8, 4) is 11.1 Å². The van der Waals surface area contributed by atoms with E-state index in [1.54, 1.807) is 0 Å². The lowest BCUT2D eigenvalue weighted by Gasteiger charge is -2.36. The molecule has 0 spiro atoms. The van der Waals surface area contributed by atoms with Crippen LogP contribution in [-0.4, -0.2) is 53.6 Å². The average Bonchev–Trinajstić information content (AvgIpc) is 3.30. The van der Waals surface area contributed by atoms with Crippen LogP contribution in [0.4, 0.5) is 4.79 Å². The Morgan fingerprint density at radius 1 is 0.927 bits per heavy atom. The topological polar surface area (TPSA) is 95.9 Å². The number of hydrogen-bond donors (Lipinski definition) is 2. The Hall–Kier alpha value is -3.97. The van der Waals surface area contributed by atoms with Gasteiger partial charge in [-0.3, -0.25) is 14.5 Å². The number of rotatable bonds is 12. The lowest BCUT2D eigenvalue weighted by Crippen LogP contribution is -2.43. The second kappa shape index (κ2) is 13.1. The molecule has 214 valence electrons. The number of carbonyl (C=O) groups is 3. The van der Waals surface area contributed by atoms with Crippen LogP contribution in [0, 0.1) is 0 Å². The number of nitrogens with one attached hydrogen (secondary N) is 1. The fourth-order valence-corrected chi connectivity index (χ4v) is 6.42. The van der Waals surface area contributed by atoms with Gasteiger partial charge in [0.2, 0.25) is 0 Å². The Kier molecular flexibility index (Phi) is 9.14. The van der Waals surface area contributed by atoms with E-state index in [0.29, 0.717) is 25.9 Å². The van der Waals surface area contributed by atoms with Crippen LogP contribution in [-0.2, 0) is 20.7 Å². The molecule has 2 atom stereocenters. The number of ketones is 1. The van der Waals surface area contributed by atoms with Crippen LogP contribution in [0.1, 0.15) is 73.2 Å². The number of fused-ring (bicyclic) bond motifs is 4. The predicted molar refractivity (Wildman–Crippen MR) is 158 cm³/mol. The van der Waals surface area contributed by atoms with E-state index in [0.717, 1.165) is 41.5 Å². The van der Waals surface area contributed by atoms with Crippen LogP contribution in [0.15, 0.2) is 72.8 Å². The number of benzene rings is 3. The quantitative estimate of drug-likeness (QED) is 0.280. The minimum atomic E-state index is -0.812. The molecule has 1 unspecified atom stereocenters. The van der Waals surface area contributed by atoms with Gasteiger partial charge in [-0.2, -0.15) is 0 Å². The normalized spacial score (nSPS) is 16.4. The van der Waals surface area contributed by atoms with Gasteiger partial charge in [0.15, 0.2) is 5.78 Å². The van der Waals surface area contributed by atoms with Gasteiger partial charge in [0.1, 0.15) is 6.61 Å². The molecule has 0 aromatic heterocycles. The van der Waals surface area contributed by atoms with Crippen LogP contribution >= 0.6 is 0 Å². The van der Waals surface area contributed by atoms with Crippen molar-refractivity contribution >= 4 is 17.8 Å². The Balaban J connectivity index is 1.22. The number of ether oxygens (including phenoxy) is 1. The molecule has 0 fully saturated rings. The van der Waals surface area contributed by atoms with Gasteiger partial charge in [0, 0.05) is 24.9 Å². The Morgan fingerprint density at radius 3 is 2.22 bits per heavy atom. The van der Waals surface area contributed by atoms with Crippen molar-refractivity contribution in [2.45, 2.75) is 63.5 Å². The molecule has 7 nitrogen and oxygen atoms in total. The zero-order chi connectivity index (χ0) is 28.8. The lowest BCUT2D eigenvalue weighted by molar-refractivity contribution is -0.137. The van der Waals surface area contributed by atoms with E-state index in [1.165, 1.54) is 18.1 Å². The molecule has 0 heterocycles. The van der Waals surface area contributed by atoms with Gasteiger partial charge < -0.3 is 15.2 Å². The SMILES string of the molecule is CC(=O)[C@@H](CCN(CCCC(=O)O)C1CCCc2ccccc21)NC(=O)OCC1c2ccccc2-c2ccccc21. The van der Waals surface area contributed by atoms with Crippen LogP contribution < -0.4 is 5.32 Å². The second-order valence-electron chi connectivity index (χ2n) is 11.1. The molecule has 3 aromatic rings. The highest BCUT2D eigenvalue weighted by molar-refractivity contribution is 5.85. The molecular weight excluding hydrogens is 516 g/mol. The number of nitrogens with zero attached hydrogens (tertiary/aromatic N) is 1.